The van der Waals surface area contributed by atoms with E-state index in [0.29, 0.717) is 11.3 Å². The van der Waals surface area contributed by atoms with Crippen LogP contribution in [-0.4, -0.2) is 23.9 Å². The number of nitrogens with zero attached hydrogens (tertiary/aromatic N) is 2. The Balaban J connectivity index is 2.44. The minimum atomic E-state index is -0.754. The van der Waals surface area contributed by atoms with E-state index in [1.54, 1.807) is 39.2 Å². The van der Waals surface area contributed by atoms with Crippen molar-refractivity contribution in [1.29, 1.82) is 0 Å². The molecular formula is C16H17N3O3. The third-order valence-electron chi connectivity index (χ3n) is 3.24. The summed E-state index contributed by atoms with van der Waals surface area (Å²) in [7, 11) is 1.59. The monoisotopic (exact) mass is 299 g/mol. The Kier molecular flexibility index (Phi) is 4.41. The molecule has 114 valence electrons. The predicted molar refractivity (Wildman–Crippen MR) is 84.7 cm³/mol. The summed E-state index contributed by atoms with van der Waals surface area (Å²) in [6, 6.07) is 8.91. The Hall–Kier alpha value is -2.89. The smallest absolute Gasteiger partial charge is 0.284 e. The molecule has 2 aromatic rings. The molecule has 22 heavy (non-hydrogen) atoms. The van der Waals surface area contributed by atoms with Gasteiger partial charge in [0.15, 0.2) is 0 Å². The van der Waals surface area contributed by atoms with Gasteiger partial charge in [-0.15, -0.1) is 0 Å². The van der Waals surface area contributed by atoms with Crippen LogP contribution in [0, 0.1) is 13.8 Å². The molecule has 2 rings (SSSR count). The number of rotatable bonds is 4. The number of primary amides is 1. The molecule has 0 aliphatic heterocycles. The molecule has 1 aromatic carbocycles. The number of methoxy groups -OCH3 is 1. The first-order chi connectivity index (χ1) is 10.4. The largest absolute Gasteiger partial charge is 0.497 e. The van der Waals surface area contributed by atoms with Gasteiger partial charge in [0.05, 0.1) is 13.3 Å². The van der Waals surface area contributed by atoms with Gasteiger partial charge in [-0.1, -0.05) is 0 Å². The van der Waals surface area contributed by atoms with E-state index in [1.807, 2.05) is 12.1 Å². The number of aromatic nitrogens is 1. The van der Waals surface area contributed by atoms with Crippen molar-refractivity contribution >= 4 is 12.1 Å². The maximum Gasteiger partial charge on any atom is 0.284 e. The van der Waals surface area contributed by atoms with Crippen molar-refractivity contribution < 1.29 is 9.53 Å². The van der Waals surface area contributed by atoms with Crippen molar-refractivity contribution in [3.63, 3.8) is 0 Å². The highest BCUT2D eigenvalue weighted by Crippen LogP contribution is 2.10. The molecule has 2 N–H and O–H groups in total. The van der Waals surface area contributed by atoms with Crippen LogP contribution in [0.5, 0.6) is 5.75 Å². The zero-order valence-electron chi connectivity index (χ0n) is 12.7. The van der Waals surface area contributed by atoms with E-state index < -0.39 is 11.5 Å². The third-order valence-corrected chi connectivity index (χ3v) is 3.24. The number of carbonyl (C=O) groups excluding carboxylic acids is 1. The van der Waals surface area contributed by atoms with Crippen molar-refractivity contribution in [2.75, 3.05) is 7.11 Å². The summed E-state index contributed by atoms with van der Waals surface area (Å²) < 4.78 is 6.24. The lowest BCUT2D eigenvalue weighted by atomic mass is 10.1. The van der Waals surface area contributed by atoms with Crippen LogP contribution in [-0.2, 0) is 0 Å². The number of pyridine rings is 1. The Bertz CT molecular complexity index is 790. The molecule has 0 aliphatic carbocycles. The number of benzene rings is 1. The van der Waals surface area contributed by atoms with Gasteiger partial charge < -0.3 is 10.5 Å². The molecule has 0 aliphatic rings. The van der Waals surface area contributed by atoms with Gasteiger partial charge in [0, 0.05) is 5.69 Å². The quantitative estimate of drug-likeness (QED) is 0.867. The van der Waals surface area contributed by atoms with Crippen LogP contribution in [0.1, 0.15) is 27.2 Å². The molecule has 0 saturated heterocycles. The van der Waals surface area contributed by atoms with Gasteiger partial charge >= 0.3 is 0 Å². The summed E-state index contributed by atoms with van der Waals surface area (Å²) in [6.07, 6.45) is 1.54. The standard InChI is InChI=1S/C16H17N3O3/c1-10-8-11(2)19(16(21)14(10)15(17)20)18-9-12-4-6-13(22-3)7-5-12/h4-9H,1-3H3,(H2,17,20)/b18-9+. The van der Waals surface area contributed by atoms with Crippen LogP contribution in [0.3, 0.4) is 0 Å². The van der Waals surface area contributed by atoms with Gasteiger partial charge in [-0.25, -0.2) is 4.68 Å². The normalized spacial score (nSPS) is 10.9. The fraction of sp³-hybridized carbons (Fsp3) is 0.188. The molecule has 0 atom stereocenters. The van der Waals surface area contributed by atoms with Gasteiger partial charge in [0.25, 0.3) is 11.5 Å². The molecule has 0 fully saturated rings. The molecule has 6 heteroatoms. The number of ether oxygens (including phenoxy) is 1. The van der Waals surface area contributed by atoms with Crippen molar-refractivity contribution in [3.05, 3.63) is 63.1 Å². The Labute approximate surface area is 127 Å². The number of nitrogens with two attached hydrogens (primary N) is 1. The van der Waals surface area contributed by atoms with Crippen molar-refractivity contribution in [2.45, 2.75) is 13.8 Å². The van der Waals surface area contributed by atoms with E-state index in [9.17, 15) is 9.59 Å². The fourth-order valence-corrected chi connectivity index (χ4v) is 2.14. The molecule has 1 aromatic heterocycles. The van der Waals surface area contributed by atoms with Crippen molar-refractivity contribution in [2.24, 2.45) is 10.8 Å². The second kappa shape index (κ2) is 6.26. The zero-order chi connectivity index (χ0) is 16.3. The fourth-order valence-electron chi connectivity index (χ4n) is 2.14. The lowest BCUT2D eigenvalue weighted by molar-refractivity contribution is 0.0997. The highest BCUT2D eigenvalue weighted by atomic mass is 16.5. The van der Waals surface area contributed by atoms with E-state index in [0.717, 1.165) is 16.0 Å². The molecule has 1 amide bonds. The van der Waals surface area contributed by atoms with Gasteiger partial charge in [-0.05, 0) is 55.3 Å². The van der Waals surface area contributed by atoms with Crippen LogP contribution in [0.25, 0.3) is 0 Å². The van der Waals surface area contributed by atoms with Crippen LogP contribution in [0.15, 0.2) is 40.2 Å². The molecule has 1 heterocycles. The maximum atomic E-state index is 12.3. The van der Waals surface area contributed by atoms with Crippen LogP contribution >= 0.6 is 0 Å². The van der Waals surface area contributed by atoms with Crippen LogP contribution in [0.4, 0.5) is 0 Å². The van der Waals surface area contributed by atoms with E-state index in [1.165, 1.54) is 6.21 Å². The van der Waals surface area contributed by atoms with E-state index in [2.05, 4.69) is 5.10 Å². The Morgan fingerprint density at radius 2 is 1.91 bits per heavy atom. The van der Waals surface area contributed by atoms with Gasteiger partial charge in [0.2, 0.25) is 0 Å². The van der Waals surface area contributed by atoms with Crippen molar-refractivity contribution in [1.82, 2.24) is 4.68 Å². The number of hydrogen-bond acceptors (Lipinski definition) is 4. The van der Waals surface area contributed by atoms with E-state index in [-0.39, 0.29) is 5.56 Å². The number of hydrogen-bond donors (Lipinski definition) is 1. The first-order valence-corrected chi connectivity index (χ1v) is 6.65. The molecular weight excluding hydrogens is 282 g/mol. The first-order valence-electron chi connectivity index (χ1n) is 6.65. The van der Waals surface area contributed by atoms with Crippen LogP contribution < -0.4 is 16.0 Å². The number of amides is 1. The Morgan fingerprint density at radius 1 is 1.27 bits per heavy atom. The average molecular weight is 299 g/mol. The van der Waals surface area contributed by atoms with E-state index in [4.69, 9.17) is 10.5 Å². The molecule has 6 nitrogen and oxygen atoms in total. The minimum Gasteiger partial charge on any atom is -0.497 e. The number of aryl methyl sites for hydroxylation is 2. The predicted octanol–water partition coefficient (Wildman–Crippen LogP) is 1.45. The lowest BCUT2D eigenvalue weighted by Crippen LogP contribution is -2.30. The summed E-state index contributed by atoms with van der Waals surface area (Å²) in [5.74, 6) is -0.0206. The highest BCUT2D eigenvalue weighted by Gasteiger charge is 2.14. The topological polar surface area (TPSA) is 86.7 Å². The molecule has 0 radical (unpaired) electrons. The van der Waals surface area contributed by atoms with Gasteiger partial charge in [-0.3, -0.25) is 9.59 Å². The molecule has 0 saturated carbocycles. The first kappa shape index (κ1) is 15.5. The minimum absolute atomic E-state index is 0.0440. The van der Waals surface area contributed by atoms with Gasteiger partial charge in [0.1, 0.15) is 11.3 Å². The van der Waals surface area contributed by atoms with Gasteiger partial charge in [-0.2, -0.15) is 5.10 Å². The zero-order valence-corrected chi connectivity index (χ0v) is 12.7. The lowest BCUT2D eigenvalue weighted by Gasteiger charge is -2.08. The number of carbonyl (C=O) groups is 1. The second-order valence-corrected chi connectivity index (χ2v) is 4.84. The maximum absolute atomic E-state index is 12.3. The molecule has 0 spiro atoms. The van der Waals surface area contributed by atoms with Crippen molar-refractivity contribution in [3.8, 4) is 5.75 Å². The summed E-state index contributed by atoms with van der Waals surface area (Å²) >= 11 is 0. The summed E-state index contributed by atoms with van der Waals surface area (Å²) in [6.45, 7) is 3.41. The van der Waals surface area contributed by atoms with Crippen LogP contribution in [0.2, 0.25) is 0 Å². The molecule has 0 bridgehead atoms. The van der Waals surface area contributed by atoms with E-state index >= 15 is 0 Å². The highest BCUT2D eigenvalue weighted by molar-refractivity contribution is 5.93. The summed E-state index contributed by atoms with van der Waals surface area (Å²) in [5.41, 5.74) is 6.66. The summed E-state index contributed by atoms with van der Waals surface area (Å²) in [5, 5.41) is 4.15. The summed E-state index contributed by atoms with van der Waals surface area (Å²) in [4.78, 5) is 23.7. The molecule has 0 unspecified atom stereocenters. The second-order valence-electron chi connectivity index (χ2n) is 4.84. The SMILES string of the molecule is COc1ccc(/C=N/n2c(C)cc(C)c(C(N)=O)c2=O)cc1. The third kappa shape index (κ3) is 3.06. The Morgan fingerprint density at radius 3 is 2.45 bits per heavy atom. The average Bonchev–Trinajstić information content (AvgIpc) is 2.46.